The lowest BCUT2D eigenvalue weighted by Crippen LogP contribution is -2.49. The molecule has 8 heteroatoms. The largest absolute Gasteiger partial charge is 0.416 e. The Morgan fingerprint density at radius 3 is 2.39 bits per heavy atom. The molecule has 2 heterocycles. The number of para-hydroxylation sites is 2. The SMILES string of the molecule is O=C(CC(c1cccc(C(F)(F)F)c1)c1c[nH]c2ccccc12)N1CCN(c2ccccc2F)CC1. The molecule has 186 valence electrons. The fourth-order valence-corrected chi connectivity index (χ4v) is 4.93. The van der Waals surface area contributed by atoms with Crippen molar-refractivity contribution in [2.75, 3.05) is 31.1 Å². The van der Waals surface area contributed by atoms with Crippen molar-refractivity contribution < 1.29 is 22.4 Å². The van der Waals surface area contributed by atoms with Gasteiger partial charge in [0.05, 0.1) is 11.3 Å². The standard InChI is InChI=1S/C28H25F4N3O/c29-24-9-2-4-11-26(24)34-12-14-35(15-13-34)27(36)17-22(19-6-5-7-20(16-19)28(30,31)32)23-18-33-25-10-3-1-8-21(23)25/h1-11,16,18,22,33H,12-15,17H2. The summed E-state index contributed by atoms with van der Waals surface area (Å²) in [5.74, 6) is -1.00. The molecule has 1 amide bonds. The fourth-order valence-electron chi connectivity index (χ4n) is 4.93. The van der Waals surface area contributed by atoms with Crippen LogP contribution in [0, 0.1) is 5.82 Å². The number of benzene rings is 3. The Morgan fingerprint density at radius 2 is 1.64 bits per heavy atom. The monoisotopic (exact) mass is 495 g/mol. The van der Waals surface area contributed by atoms with Crippen molar-refractivity contribution in [1.29, 1.82) is 0 Å². The van der Waals surface area contributed by atoms with Gasteiger partial charge in [-0.05, 0) is 35.4 Å². The molecule has 36 heavy (non-hydrogen) atoms. The van der Waals surface area contributed by atoms with Crippen molar-refractivity contribution in [2.24, 2.45) is 0 Å². The minimum atomic E-state index is -4.48. The van der Waals surface area contributed by atoms with Crippen LogP contribution in [0.3, 0.4) is 0 Å². The van der Waals surface area contributed by atoms with Crippen LogP contribution in [0.2, 0.25) is 0 Å². The average molecular weight is 496 g/mol. The molecule has 1 N–H and O–H groups in total. The van der Waals surface area contributed by atoms with E-state index in [0.717, 1.165) is 28.6 Å². The van der Waals surface area contributed by atoms with E-state index in [1.807, 2.05) is 29.2 Å². The lowest BCUT2D eigenvalue weighted by Gasteiger charge is -2.36. The maximum atomic E-state index is 14.2. The molecule has 0 saturated carbocycles. The maximum absolute atomic E-state index is 14.2. The van der Waals surface area contributed by atoms with E-state index in [2.05, 4.69) is 4.98 Å². The first-order chi connectivity index (χ1) is 17.3. The highest BCUT2D eigenvalue weighted by atomic mass is 19.4. The van der Waals surface area contributed by atoms with E-state index >= 15 is 0 Å². The van der Waals surface area contributed by atoms with E-state index in [1.54, 1.807) is 35.4 Å². The zero-order valence-electron chi connectivity index (χ0n) is 19.4. The lowest BCUT2D eigenvalue weighted by atomic mass is 9.87. The number of fused-ring (bicyclic) bond motifs is 1. The van der Waals surface area contributed by atoms with Gasteiger partial charge in [0.2, 0.25) is 5.91 Å². The number of aromatic amines is 1. The second-order valence-corrected chi connectivity index (χ2v) is 8.99. The van der Waals surface area contributed by atoms with E-state index < -0.39 is 17.7 Å². The van der Waals surface area contributed by atoms with E-state index in [-0.39, 0.29) is 18.1 Å². The summed E-state index contributed by atoms with van der Waals surface area (Å²) in [6, 6.07) is 19.3. The number of carbonyl (C=O) groups excluding carboxylic acids is 1. The number of H-pyrrole nitrogens is 1. The minimum Gasteiger partial charge on any atom is -0.366 e. The quantitative estimate of drug-likeness (QED) is 0.335. The molecule has 1 aliphatic heterocycles. The van der Waals surface area contributed by atoms with Gasteiger partial charge in [-0.25, -0.2) is 4.39 Å². The van der Waals surface area contributed by atoms with E-state index in [1.165, 1.54) is 12.1 Å². The molecule has 0 spiro atoms. The highest BCUT2D eigenvalue weighted by molar-refractivity contribution is 5.86. The second-order valence-electron chi connectivity index (χ2n) is 8.99. The zero-order chi connectivity index (χ0) is 25.3. The number of nitrogens with one attached hydrogen (secondary N) is 1. The number of hydrogen-bond acceptors (Lipinski definition) is 2. The summed E-state index contributed by atoms with van der Waals surface area (Å²) >= 11 is 0. The smallest absolute Gasteiger partial charge is 0.366 e. The number of carbonyl (C=O) groups is 1. The van der Waals surface area contributed by atoms with Crippen LogP contribution in [0.5, 0.6) is 0 Å². The van der Waals surface area contributed by atoms with Crippen LogP contribution in [0.15, 0.2) is 79.0 Å². The summed E-state index contributed by atoms with van der Waals surface area (Å²) in [4.78, 5) is 20.2. The van der Waals surface area contributed by atoms with Gasteiger partial charge in [0, 0.05) is 55.6 Å². The van der Waals surface area contributed by atoms with Gasteiger partial charge in [-0.1, -0.05) is 48.5 Å². The molecule has 0 radical (unpaired) electrons. The highest BCUT2D eigenvalue weighted by Gasteiger charge is 2.32. The van der Waals surface area contributed by atoms with Gasteiger partial charge in [-0.2, -0.15) is 13.2 Å². The van der Waals surface area contributed by atoms with Crippen LogP contribution in [0.4, 0.5) is 23.2 Å². The molecule has 1 atom stereocenters. The Labute approximate surface area is 206 Å². The van der Waals surface area contributed by atoms with Crippen LogP contribution in [-0.2, 0) is 11.0 Å². The van der Waals surface area contributed by atoms with Gasteiger partial charge >= 0.3 is 6.18 Å². The summed E-state index contributed by atoms with van der Waals surface area (Å²) in [5, 5.41) is 0.872. The number of hydrogen-bond donors (Lipinski definition) is 1. The predicted octanol–water partition coefficient (Wildman–Crippen LogP) is 6.20. The number of amides is 1. The summed E-state index contributed by atoms with van der Waals surface area (Å²) in [6.45, 7) is 1.79. The van der Waals surface area contributed by atoms with Crippen molar-refractivity contribution in [2.45, 2.75) is 18.5 Å². The Bertz CT molecular complexity index is 1370. The van der Waals surface area contributed by atoms with Gasteiger partial charge in [-0.3, -0.25) is 4.79 Å². The molecule has 0 bridgehead atoms. The normalized spacial score (nSPS) is 15.3. The molecule has 0 aliphatic carbocycles. The Morgan fingerprint density at radius 1 is 0.917 bits per heavy atom. The van der Waals surface area contributed by atoms with Gasteiger partial charge in [0.25, 0.3) is 0 Å². The van der Waals surface area contributed by atoms with Crippen molar-refractivity contribution in [3.8, 4) is 0 Å². The van der Waals surface area contributed by atoms with Crippen LogP contribution in [0.25, 0.3) is 10.9 Å². The van der Waals surface area contributed by atoms with Crippen molar-refractivity contribution >= 4 is 22.5 Å². The van der Waals surface area contributed by atoms with Gasteiger partial charge in [-0.15, -0.1) is 0 Å². The number of nitrogens with zero attached hydrogens (tertiary/aromatic N) is 2. The summed E-state index contributed by atoms with van der Waals surface area (Å²) in [7, 11) is 0. The van der Waals surface area contributed by atoms with Crippen molar-refractivity contribution in [3.05, 3.63) is 102 Å². The third-order valence-corrected chi connectivity index (χ3v) is 6.82. The minimum absolute atomic E-state index is 0.0306. The summed E-state index contributed by atoms with van der Waals surface area (Å²) in [5.41, 5.74) is 1.84. The Hall–Kier alpha value is -3.81. The van der Waals surface area contributed by atoms with Gasteiger partial charge in [0.1, 0.15) is 5.82 Å². The first-order valence-corrected chi connectivity index (χ1v) is 11.8. The van der Waals surface area contributed by atoms with Crippen molar-refractivity contribution in [1.82, 2.24) is 9.88 Å². The molecule has 1 aromatic heterocycles. The molecule has 1 aliphatic rings. The number of rotatable bonds is 5. The van der Waals surface area contributed by atoms with Gasteiger partial charge in [0.15, 0.2) is 0 Å². The molecule has 4 aromatic rings. The van der Waals surface area contributed by atoms with E-state index in [4.69, 9.17) is 0 Å². The fraction of sp³-hybridized carbons (Fsp3) is 0.250. The molecule has 1 fully saturated rings. The number of alkyl halides is 3. The van der Waals surface area contributed by atoms with Crippen LogP contribution >= 0.6 is 0 Å². The molecular weight excluding hydrogens is 470 g/mol. The third kappa shape index (κ3) is 4.80. The zero-order valence-corrected chi connectivity index (χ0v) is 19.4. The predicted molar refractivity (Wildman–Crippen MR) is 131 cm³/mol. The molecule has 1 unspecified atom stereocenters. The Kier molecular flexibility index (Phi) is 6.43. The highest BCUT2D eigenvalue weighted by Crippen LogP contribution is 2.37. The van der Waals surface area contributed by atoms with Crippen LogP contribution < -0.4 is 4.90 Å². The number of aromatic nitrogens is 1. The molecule has 3 aromatic carbocycles. The average Bonchev–Trinajstić information content (AvgIpc) is 3.31. The summed E-state index contributed by atoms with van der Waals surface area (Å²) < 4.78 is 54.6. The molecule has 4 nitrogen and oxygen atoms in total. The number of anilines is 1. The van der Waals surface area contributed by atoms with Crippen molar-refractivity contribution in [3.63, 3.8) is 0 Å². The van der Waals surface area contributed by atoms with Gasteiger partial charge < -0.3 is 14.8 Å². The molecular formula is C28H25F4N3O. The topological polar surface area (TPSA) is 39.3 Å². The van der Waals surface area contributed by atoms with E-state index in [9.17, 15) is 22.4 Å². The first kappa shape index (κ1) is 23.9. The lowest BCUT2D eigenvalue weighted by molar-refractivity contribution is -0.137. The number of halogens is 4. The van der Waals surface area contributed by atoms with Crippen LogP contribution in [0.1, 0.15) is 29.0 Å². The molecule has 1 saturated heterocycles. The van der Waals surface area contributed by atoms with E-state index in [0.29, 0.717) is 37.4 Å². The third-order valence-electron chi connectivity index (χ3n) is 6.82. The Balaban J connectivity index is 1.40. The number of piperazine rings is 1. The first-order valence-electron chi connectivity index (χ1n) is 11.8. The summed E-state index contributed by atoms with van der Waals surface area (Å²) in [6.07, 6.45) is -2.67. The second kappa shape index (κ2) is 9.68. The van der Waals surface area contributed by atoms with Crippen LogP contribution in [-0.4, -0.2) is 42.0 Å². The maximum Gasteiger partial charge on any atom is 0.416 e. The molecule has 5 rings (SSSR count).